The van der Waals surface area contributed by atoms with Crippen molar-refractivity contribution in [3.05, 3.63) is 77.9 Å². The standard InChI is InChI=1S/C17H16O2/c1-13(17(18)19-2)16-10-6-9-15(12-16)11-14-7-4-3-5-8-14/h3-10,12H,1,11H2,2H3. The molecule has 2 heteroatoms. The predicted octanol–water partition coefficient (Wildman–Crippen LogP) is 3.46. The fourth-order valence-electron chi connectivity index (χ4n) is 1.94. The lowest BCUT2D eigenvalue weighted by atomic mass is 10.00. The van der Waals surface area contributed by atoms with E-state index in [2.05, 4.69) is 23.4 Å². The number of ether oxygens (including phenoxy) is 1. The molecule has 0 aliphatic rings. The van der Waals surface area contributed by atoms with Gasteiger partial charge in [0.1, 0.15) is 0 Å². The second-order valence-electron chi connectivity index (χ2n) is 4.33. The van der Waals surface area contributed by atoms with Gasteiger partial charge in [0.05, 0.1) is 12.7 Å². The molecular formula is C17H16O2. The molecule has 96 valence electrons. The quantitative estimate of drug-likeness (QED) is 0.615. The summed E-state index contributed by atoms with van der Waals surface area (Å²) in [6, 6.07) is 18.0. The lowest BCUT2D eigenvalue weighted by molar-refractivity contribution is -0.133. The molecular weight excluding hydrogens is 236 g/mol. The van der Waals surface area contributed by atoms with E-state index >= 15 is 0 Å². The van der Waals surface area contributed by atoms with Crippen LogP contribution in [-0.4, -0.2) is 13.1 Å². The molecule has 0 radical (unpaired) electrons. The third kappa shape index (κ3) is 3.32. The Labute approximate surface area is 113 Å². The molecule has 2 aromatic carbocycles. The van der Waals surface area contributed by atoms with Crippen LogP contribution in [0.15, 0.2) is 61.2 Å². The van der Waals surface area contributed by atoms with Crippen LogP contribution >= 0.6 is 0 Å². The molecule has 0 heterocycles. The fourth-order valence-corrected chi connectivity index (χ4v) is 1.94. The van der Waals surface area contributed by atoms with Crippen LogP contribution in [0, 0.1) is 0 Å². The smallest absolute Gasteiger partial charge is 0.337 e. The molecule has 0 unspecified atom stereocenters. The van der Waals surface area contributed by atoms with Gasteiger partial charge in [0.15, 0.2) is 0 Å². The van der Waals surface area contributed by atoms with Gasteiger partial charge in [0.2, 0.25) is 0 Å². The van der Waals surface area contributed by atoms with E-state index in [-0.39, 0.29) is 0 Å². The number of carbonyl (C=O) groups excluding carboxylic acids is 1. The molecule has 0 atom stereocenters. The average Bonchev–Trinajstić information content (AvgIpc) is 2.47. The van der Waals surface area contributed by atoms with Gasteiger partial charge in [0, 0.05) is 0 Å². The Kier molecular flexibility index (Phi) is 4.14. The predicted molar refractivity (Wildman–Crippen MR) is 76.7 cm³/mol. The number of carbonyl (C=O) groups is 1. The normalized spacial score (nSPS) is 9.95. The highest BCUT2D eigenvalue weighted by molar-refractivity contribution is 6.15. The molecule has 0 fully saturated rings. The van der Waals surface area contributed by atoms with Crippen LogP contribution in [0.1, 0.15) is 16.7 Å². The Morgan fingerprint density at radius 1 is 1.05 bits per heavy atom. The minimum absolute atomic E-state index is 0.386. The summed E-state index contributed by atoms with van der Waals surface area (Å²) >= 11 is 0. The first-order valence-electron chi connectivity index (χ1n) is 6.11. The van der Waals surface area contributed by atoms with E-state index in [0.29, 0.717) is 5.57 Å². The maximum Gasteiger partial charge on any atom is 0.337 e. The molecule has 0 N–H and O–H groups in total. The van der Waals surface area contributed by atoms with E-state index in [1.54, 1.807) is 0 Å². The maximum atomic E-state index is 11.5. The lowest BCUT2D eigenvalue weighted by Gasteiger charge is -2.07. The Morgan fingerprint density at radius 2 is 1.74 bits per heavy atom. The van der Waals surface area contributed by atoms with Crippen molar-refractivity contribution in [3.8, 4) is 0 Å². The third-order valence-electron chi connectivity index (χ3n) is 2.96. The van der Waals surface area contributed by atoms with Crippen LogP contribution in [0.3, 0.4) is 0 Å². The molecule has 19 heavy (non-hydrogen) atoms. The SMILES string of the molecule is C=C(C(=O)OC)c1cccc(Cc2ccccc2)c1. The van der Waals surface area contributed by atoms with Gasteiger partial charge < -0.3 is 4.74 Å². The summed E-state index contributed by atoms with van der Waals surface area (Å²) in [5.41, 5.74) is 3.58. The van der Waals surface area contributed by atoms with Crippen molar-refractivity contribution in [3.63, 3.8) is 0 Å². The lowest BCUT2D eigenvalue weighted by Crippen LogP contribution is -2.03. The number of esters is 1. The van der Waals surface area contributed by atoms with Gasteiger partial charge in [-0.05, 0) is 23.1 Å². The van der Waals surface area contributed by atoms with Crippen molar-refractivity contribution < 1.29 is 9.53 Å². The molecule has 0 aliphatic heterocycles. The molecule has 0 bridgehead atoms. The van der Waals surface area contributed by atoms with Gasteiger partial charge in [-0.3, -0.25) is 0 Å². The van der Waals surface area contributed by atoms with Crippen molar-refractivity contribution >= 4 is 11.5 Å². The highest BCUT2D eigenvalue weighted by Gasteiger charge is 2.09. The zero-order chi connectivity index (χ0) is 13.7. The minimum Gasteiger partial charge on any atom is -0.465 e. The van der Waals surface area contributed by atoms with Gasteiger partial charge in [0.25, 0.3) is 0 Å². The summed E-state index contributed by atoms with van der Waals surface area (Å²) in [6.45, 7) is 3.77. The van der Waals surface area contributed by atoms with E-state index in [0.717, 1.165) is 17.5 Å². The van der Waals surface area contributed by atoms with E-state index in [9.17, 15) is 4.79 Å². The van der Waals surface area contributed by atoms with Gasteiger partial charge >= 0.3 is 5.97 Å². The van der Waals surface area contributed by atoms with Crippen LogP contribution in [-0.2, 0) is 16.0 Å². The number of hydrogen-bond donors (Lipinski definition) is 0. The summed E-state index contributed by atoms with van der Waals surface area (Å²) in [4.78, 5) is 11.5. The van der Waals surface area contributed by atoms with Crippen molar-refractivity contribution in [2.45, 2.75) is 6.42 Å². The van der Waals surface area contributed by atoms with Gasteiger partial charge in [-0.2, -0.15) is 0 Å². The Balaban J connectivity index is 2.20. The maximum absolute atomic E-state index is 11.5. The van der Waals surface area contributed by atoms with Crippen molar-refractivity contribution in [2.24, 2.45) is 0 Å². The molecule has 2 aromatic rings. The van der Waals surface area contributed by atoms with Gasteiger partial charge in [-0.1, -0.05) is 61.2 Å². The first kappa shape index (κ1) is 13.1. The molecule has 2 rings (SSSR count). The van der Waals surface area contributed by atoms with Crippen molar-refractivity contribution in [1.29, 1.82) is 0 Å². The number of methoxy groups -OCH3 is 1. The van der Waals surface area contributed by atoms with Crippen LogP contribution in [0.2, 0.25) is 0 Å². The average molecular weight is 252 g/mol. The molecule has 2 nitrogen and oxygen atoms in total. The third-order valence-corrected chi connectivity index (χ3v) is 2.96. The zero-order valence-electron chi connectivity index (χ0n) is 10.9. The summed E-state index contributed by atoms with van der Waals surface area (Å²) in [6.07, 6.45) is 0.836. The monoisotopic (exact) mass is 252 g/mol. The second kappa shape index (κ2) is 6.01. The van der Waals surface area contributed by atoms with Crippen LogP contribution in [0.4, 0.5) is 0 Å². The summed E-state index contributed by atoms with van der Waals surface area (Å²) in [5.74, 6) is -0.392. The Bertz CT molecular complexity index is 585. The minimum atomic E-state index is -0.392. The topological polar surface area (TPSA) is 26.3 Å². The van der Waals surface area contributed by atoms with Gasteiger partial charge in [-0.25, -0.2) is 4.79 Å². The molecule has 0 saturated carbocycles. The summed E-state index contributed by atoms with van der Waals surface area (Å²) in [5, 5.41) is 0. The number of benzene rings is 2. The zero-order valence-corrected chi connectivity index (χ0v) is 10.9. The molecule has 0 aliphatic carbocycles. The first-order valence-corrected chi connectivity index (χ1v) is 6.11. The van der Waals surface area contributed by atoms with Crippen molar-refractivity contribution in [1.82, 2.24) is 0 Å². The summed E-state index contributed by atoms with van der Waals surface area (Å²) in [7, 11) is 1.36. The first-order chi connectivity index (χ1) is 9.20. The van der Waals surface area contributed by atoms with E-state index in [1.807, 2.05) is 42.5 Å². The number of rotatable bonds is 4. The fraction of sp³-hybridized carbons (Fsp3) is 0.118. The van der Waals surface area contributed by atoms with E-state index in [1.165, 1.54) is 12.7 Å². The van der Waals surface area contributed by atoms with Crippen LogP contribution in [0.25, 0.3) is 5.57 Å². The van der Waals surface area contributed by atoms with Crippen LogP contribution < -0.4 is 0 Å². The highest BCUT2D eigenvalue weighted by atomic mass is 16.5. The molecule has 0 saturated heterocycles. The van der Waals surface area contributed by atoms with Crippen LogP contribution in [0.5, 0.6) is 0 Å². The molecule has 0 amide bonds. The van der Waals surface area contributed by atoms with E-state index < -0.39 is 5.97 Å². The Hall–Kier alpha value is -2.35. The molecule has 0 aromatic heterocycles. The molecule has 0 spiro atoms. The largest absolute Gasteiger partial charge is 0.465 e. The van der Waals surface area contributed by atoms with Gasteiger partial charge in [-0.15, -0.1) is 0 Å². The highest BCUT2D eigenvalue weighted by Crippen LogP contribution is 2.17. The van der Waals surface area contributed by atoms with Crippen molar-refractivity contribution in [2.75, 3.05) is 7.11 Å². The number of hydrogen-bond acceptors (Lipinski definition) is 2. The Morgan fingerprint density at radius 3 is 2.42 bits per heavy atom. The second-order valence-corrected chi connectivity index (χ2v) is 4.33. The van der Waals surface area contributed by atoms with E-state index in [4.69, 9.17) is 0 Å². The summed E-state index contributed by atoms with van der Waals surface area (Å²) < 4.78 is 4.69.